The Morgan fingerprint density at radius 3 is 1.91 bits per heavy atom. The molecule has 6 heteroatoms. The van der Waals surface area contributed by atoms with Gasteiger partial charge in [-0.1, -0.05) is 92.9 Å². The molecule has 1 aromatic heterocycles. The van der Waals surface area contributed by atoms with Crippen molar-refractivity contribution < 1.29 is 13.0 Å². The van der Waals surface area contributed by atoms with Crippen LogP contribution in [-0.4, -0.2) is 22.9 Å². The molecular formula is C26H26N2O3S. The fourth-order valence-corrected chi connectivity index (χ4v) is 4.86. The summed E-state index contributed by atoms with van der Waals surface area (Å²) in [6, 6.07) is 22.8. The fraction of sp³-hybridized carbons (Fsp3) is 0.231. The van der Waals surface area contributed by atoms with Crippen LogP contribution >= 0.6 is 0 Å². The maximum Gasteiger partial charge on any atom is 0.297 e. The molecule has 0 aliphatic carbocycles. The van der Waals surface area contributed by atoms with Crippen molar-refractivity contribution in [2.75, 3.05) is 0 Å². The highest BCUT2D eigenvalue weighted by Crippen LogP contribution is 2.34. The van der Waals surface area contributed by atoms with E-state index in [1.165, 1.54) is 0 Å². The molecule has 0 saturated heterocycles. The van der Waals surface area contributed by atoms with Crippen LogP contribution in [0.5, 0.6) is 0 Å². The Morgan fingerprint density at radius 1 is 0.750 bits per heavy atom. The van der Waals surface area contributed by atoms with Crippen molar-refractivity contribution in [1.29, 1.82) is 0 Å². The highest BCUT2D eigenvalue weighted by Gasteiger charge is 2.23. The second-order valence-corrected chi connectivity index (χ2v) is 9.22. The smallest absolute Gasteiger partial charge is 0.282 e. The minimum atomic E-state index is -4.48. The summed E-state index contributed by atoms with van der Waals surface area (Å²) < 4.78 is 35.0. The Labute approximate surface area is 188 Å². The second-order valence-electron chi connectivity index (χ2n) is 7.86. The average Bonchev–Trinajstić information content (AvgIpc) is 2.81. The molecule has 0 unspecified atom stereocenters. The van der Waals surface area contributed by atoms with E-state index in [0.717, 1.165) is 36.8 Å². The van der Waals surface area contributed by atoms with Crippen molar-refractivity contribution in [3.63, 3.8) is 0 Å². The lowest BCUT2D eigenvalue weighted by atomic mass is 10.0. The predicted molar refractivity (Wildman–Crippen MR) is 128 cm³/mol. The Morgan fingerprint density at radius 2 is 1.34 bits per heavy atom. The van der Waals surface area contributed by atoms with Crippen LogP contribution in [0.4, 0.5) is 0 Å². The average molecular weight is 447 g/mol. The topological polar surface area (TPSA) is 80.2 Å². The van der Waals surface area contributed by atoms with E-state index >= 15 is 0 Å². The Hall–Kier alpha value is -3.09. The minimum absolute atomic E-state index is 0.129. The van der Waals surface area contributed by atoms with Gasteiger partial charge in [-0.2, -0.15) is 8.42 Å². The zero-order chi connectivity index (χ0) is 22.6. The number of fused-ring (bicyclic) bond motifs is 1. The van der Waals surface area contributed by atoms with Crippen LogP contribution in [-0.2, 0) is 16.5 Å². The first kappa shape index (κ1) is 22.1. The normalized spacial score (nSPS) is 11.7. The van der Waals surface area contributed by atoms with Crippen LogP contribution in [0.1, 0.15) is 38.2 Å². The number of hydrogen-bond donors (Lipinski definition) is 1. The van der Waals surface area contributed by atoms with E-state index < -0.39 is 10.1 Å². The van der Waals surface area contributed by atoms with E-state index in [2.05, 4.69) is 6.92 Å². The quantitative estimate of drug-likeness (QED) is 0.253. The van der Waals surface area contributed by atoms with Crippen LogP contribution < -0.4 is 0 Å². The first-order valence-electron chi connectivity index (χ1n) is 10.9. The van der Waals surface area contributed by atoms with Crippen molar-refractivity contribution in [3.05, 3.63) is 78.4 Å². The van der Waals surface area contributed by atoms with Gasteiger partial charge in [0.2, 0.25) is 0 Å². The standard InChI is InChI=1S/C26H26N2O3S/c1-2-3-4-7-16-21-17-18-22-25(26(21)32(29,30)31)28-24(20-14-10-6-11-15-20)23(27-22)19-12-8-5-9-13-19/h5-6,8-15,17-18H,2-4,7,16H2,1H3,(H,29,30,31). The first-order valence-corrected chi connectivity index (χ1v) is 12.3. The highest BCUT2D eigenvalue weighted by molar-refractivity contribution is 7.86. The fourth-order valence-electron chi connectivity index (χ4n) is 3.96. The van der Waals surface area contributed by atoms with Gasteiger partial charge in [0.1, 0.15) is 10.4 Å². The van der Waals surface area contributed by atoms with Crippen LogP contribution in [0.3, 0.4) is 0 Å². The van der Waals surface area contributed by atoms with E-state index in [1.807, 2.05) is 60.7 Å². The summed E-state index contributed by atoms with van der Waals surface area (Å²) >= 11 is 0. The van der Waals surface area contributed by atoms with Crippen LogP contribution in [0.15, 0.2) is 77.7 Å². The monoisotopic (exact) mass is 446 g/mol. The predicted octanol–water partition coefficient (Wildman–Crippen LogP) is 6.33. The summed E-state index contributed by atoms with van der Waals surface area (Å²) in [6.45, 7) is 2.13. The molecule has 0 aliphatic heterocycles. The largest absolute Gasteiger partial charge is 0.297 e. The van der Waals surface area contributed by atoms with Gasteiger partial charge < -0.3 is 0 Å². The summed E-state index contributed by atoms with van der Waals surface area (Å²) in [5.41, 5.74) is 4.19. The molecule has 4 rings (SSSR count). The zero-order valence-corrected chi connectivity index (χ0v) is 18.8. The molecule has 0 radical (unpaired) electrons. The molecule has 0 bridgehead atoms. The van der Waals surface area contributed by atoms with Gasteiger partial charge in [0.15, 0.2) is 0 Å². The summed E-state index contributed by atoms with van der Waals surface area (Å²) in [4.78, 5) is 9.47. The lowest BCUT2D eigenvalue weighted by molar-refractivity contribution is 0.482. The highest BCUT2D eigenvalue weighted by atomic mass is 32.2. The Bertz CT molecular complexity index is 1320. The van der Waals surface area contributed by atoms with Crippen LogP contribution in [0.25, 0.3) is 33.5 Å². The van der Waals surface area contributed by atoms with Gasteiger partial charge in [-0.3, -0.25) is 4.55 Å². The number of nitrogens with zero attached hydrogens (tertiary/aromatic N) is 2. The van der Waals surface area contributed by atoms with E-state index in [1.54, 1.807) is 12.1 Å². The van der Waals surface area contributed by atoms with Gasteiger partial charge in [0, 0.05) is 11.1 Å². The van der Waals surface area contributed by atoms with E-state index in [4.69, 9.17) is 9.97 Å². The lowest BCUT2D eigenvalue weighted by Crippen LogP contribution is -2.07. The zero-order valence-electron chi connectivity index (χ0n) is 18.0. The van der Waals surface area contributed by atoms with Gasteiger partial charge in [-0.15, -0.1) is 0 Å². The number of hydrogen-bond acceptors (Lipinski definition) is 4. The molecule has 0 fully saturated rings. The summed E-state index contributed by atoms with van der Waals surface area (Å²) in [5, 5.41) is 0. The van der Waals surface area contributed by atoms with Crippen molar-refractivity contribution in [3.8, 4) is 22.5 Å². The SMILES string of the molecule is CCCCCCc1ccc2nc(-c3ccccc3)c(-c3ccccc3)nc2c1S(=O)(=O)O. The van der Waals surface area contributed by atoms with E-state index in [0.29, 0.717) is 28.9 Å². The number of benzene rings is 3. The molecular weight excluding hydrogens is 420 g/mol. The maximum atomic E-state index is 12.4. The molecule has 0 amide bonds. The number of aromatic nitrogens is 2. The summed E-state index contributed by atoms with van der Waals surface area (Å²) in [5.74, 6) is 0. The molecule has 0 aliphatic rings. The molecule has 4 aromatic rings. The number of aryl methyl sites for hydroxylation is 1. The molecule has 3 aromatic carbocycles. The third-order valence-corrected chi connectivity index (χ3v) is 6.50. The molecule has 32 heavy (non-hydrogen) atoms. The van der Waals surface area contributed by atoms with Gasteiger partial charge >= 0.3 is 0 Å². The summed E-state index contributed by atoms with van der Waals surface area (Å²) in [7, 11) is -4.48. The minimum Gasteiger partial charge on any atom is -0.282 e. The maximum absolute atomic E-state index is 12.4. The van der Waals surface area contributed by atoms with Crippen molar-refractivity contribution >= 4 is 21.2 Å². The Balaban J connectivity index is 1.96. The third kappa shape index (κ3) is 4.71. The van der Waals surface area contributed by atoms with Gasteiger partial charge in [0.25, 0.3) is 10.1 Å². The number of rotatable bonds is 8. The van der Waals surface area contributed by atoms with Gasteiger partial charge in [0.05, 0.1) is 16.9 Å². The van der Waals surface area contributed by atoms with Crippen molar-refractivity contribution in [2.45, 2.75) is 43.9 Å². The van der Waals surface area contributed by atoms with Gasteiger partial charge in [-0.25, -0.2) is 9.97 Å². The lowest BCUT2D eigenvalue weighted by Gasteiger charge is -2.14. The molecule has 0 atom stereocenters. The summed E-state index contributed by atoms with van der Waals surface area (Å²) in [6.07, 6.45) is 4.61. The molecule has 0 spiro atoms. The van der Waals surface area contributed by atoms with Crippen LogP contribution in [0, 0.1) is 0 Å². The molecule has 164 valence electrons. The van der Waals surface area contributed by atoms with Crippen molar-refractivity contribution in [1.82, 2.24) is 9.97 Å². The molecule has 1 N–H and O–H groups in total. The Kier molecular flexibility index (Phi) is 6.63. The van der Waals surface area contributed by atoms with Gasteiger partial charge in [-0.05, 0) is 24.5 Å². The van der Waals surface area contributed by atoms with Crippen LogP contribution in [0.2, 0.25) is 0 Å². The third-order valence-electron chi connectivity index (χ3n) is 5.52. The van der Waals surface area contributed by atoms with E-state index in [9.17, 15) is 13.0 Å². The van der Waals surface area contributed by atoms with E-state index in [-0.39, 0.29) is 10.4 Å². The second kappa shape index (κ2) is 9.59. The molecule has 0 saturated carbocycles. The van der Waals surface area contributed by atoms with Crippen molar-refractivity contribution in [2.24, 2.45) is 0 Å². The molecule has 1 heterocycles. The molecule has 5 nitrogen and oxygen atoms in total. The number of unbranched alkanes of at least 4 members (excludes halogenated alkanes) is 3. The first-order chi connectivity index (χ1) is 15.5.